The van der Waals surface area contributed by atoms with E-state index in [1.165, 1.54) is 10.8 Å². The van der Waals surface area contributed by atoms with E-state index in [9.17, 15) is 0 Å². The van der Waals surface area contributed by atoms with E-state index in [0.717, 1.165) is 29.7 Å². The molecule has 0 aromatic heterocycles. The van der Waals surface area contributed by atoms with E-state index in [0.29, 0.717) is 6.54 Å². The van der Waals surface area contributed by atoms with Crippen LogP contribution < -0.4 is 10.6 Å². The van der Waals surface area contributed by atoms with Crippen molar-refractivity contribution >= 4 is 42.5 Å². The Kier molecular flexibility index (Phi) is 7.79. The summed E-state index contributed by atoms with van der Waals surface area (Å²) in [5.41, 5.74) is 1.06. The van der Waals surface area contributed by atoms with Gasteiger partial charge in [0.2, 0.25) is 0 Å². The number of hydrogen-bond acceptors (Lipinski definition) is 5. The van der Waals surface area contributed by atoms with Crippen molar-refractivity contribution in [1.82, 2.24) is 5.32 Å². The van der Waals surface area contributed by atoms with E-state index >= 15 is 0 Å². The second-order valence-electron chi connectivity index (χ2n) is 5.66. The molecule has 0 aliphatic carbocycles. The van der Waals surface area contributed by atoms with Crippen LogP contribution in [0.2, 0.25) is 6.04 Å². The number of thiocarbonyl (C=S) groups is 1. The number of nitrogens with one attached hydrogen (secondary N) is 2. The molecular formula is C18H26N2O3SSi. The van der Waals surface area contributed by atoms with Gasteiger partial charge in [0.05, 0.1) is 11.5 Å². The van der Waals surface area contributed by atoms with Crippen molar-refractivity contribution in [3.8, 4) is 0 Å². The summed E-state index contributed by atoms with van der Waals surface area (Å²) in [5, 5.41) is 9.06. The van der Waals surface area contributed by atoms with Gasteiger partial charge in [0.15, 0.2) is 0 Å². The standard InChI is InChI=1S/C18H26N2O3SSi/c1-21-25(22-2,23-3)12-6-11-19-18(24)14-20-17-10-9-15-7-4-5-8-16(15)13-17/h4-5,7-10,13,20H,6,11-12,14H2,1-3H3,(H,19,24). The Bertz CT molecular complexity index is 687. The highest BCUT2D eigenvalue weighted by Crippen LogP contribution is 2.18. The third-order valence-electron chi connectivity index (χ3n) is 4.12. The molecule has 0 unspecified atom stereocenters. The normalized spacial score (nSPS) is 11.5. The van der Waals surface area contributed by atoms with Crippen LogP contribution in [-0.4, -0.2) is 48.2 Å². The van der Waals surface area contributed by atoms with Gasteiger partial charge in [0.1, 0.15) is 0 Å². The summed E-state index contributed by atoms with van der Waals surface area (Å²) in [6, 6.07) is 15.4. The highest BCUT2D eigenvalue weighted by molar-refractivity contribution is 7.80. The van der Waals surface area contributed by atoms with Gasteiger partial charge in [0, 0.05) is 39.6 Å². The first kappa shape index (κ1) is 19.8. The third kappa shape index (κ3) is 5.76. The minimum Gasteiger partial charge on any atom is -0.379 e. The molecule has 0 saturated carbocycles. The minimum absolute atomic E-state index is 0.606. The Labute approximate surface area is 156 Å². The van der Waals surface area contributed by atoms with E-state index in [1.807, 2.05) is 12.1 Å². The molecule has 0 fully saturated rings. The molecule has 2 aromatic rings. The van der Waals surface area contributed by atoms with Gasteiger partial charge in [-0.2, -0.15) is 0 Å². The van der Waals surface area contributed by atoms with Crippen LogP contribution in [0.3, 0.4) is 0 Å². The Balaban J connectivity index is 1.73. The molecular weight excluding hydrogens is 352 g/mol. The molecule has 0 spiro atoms. The lowest BCUT2D eigenvalue weighted by Crippen LogP contribution is -2.43. The van der Waals surface area contributed by atoms with Crippen molar-refractivity contribution < 1.29 is 13.3 Å². The van der Waals surface area contributed by atoms with Crippen molar-refractivity contribution in [2.75, 3.05) is 39.7 Å². The molecule has 25 heavy (non-hydrogen) atoms. The molecule has 0 aliphatic rings. The zero-order chi connectivity index (χ0) is 18.1. The van der Waals surface area contributed by atoms with Crippen LogP contribution in [0.15, 0.2) is 42.5 Å². The first-order valence-corrected chi connectivity index (χ1v) is 10.6. The predicted octanol–water partition coefficient (Wildman–Crippen LogP) is 3.44. The monoisotopic (exact) mass is 378 g/mol. The number of anilines is 1. The van der Waals surface area contributed by atoms with Gasteiger partial charge in [0.25, 0.3) is 0 Å². The Morgan fingerprint density at radius 1 is 1.00 bits per heavy atom. The summed E-state index contributed by atoms with van der Waals surface area (Å²) < 4.78 is 16.2. The molecule has 0 bridgehead atoms. The first-order chi connectivity index (χ1) is 12.1. The number of fused-ring (bicyclic) bond motifs is 1. The van der Waals surface area contributed by atoms with Gasteiger partial charge in [-0.05, 0) is 29.3 Å². The molecule has 5 nitrogen and oxygen atoms in total. The zero-order valence-electron chi connectivity index (χ0n) is 15.0. The molecule has 2 rings (SSSR count). The van der Waals surface area contributed by atoms with Crippen LogP contribution in [0.4, 0.5) is 5.69 Å². The van der Waals surface area contributed by atoms with Crippen molar-refractivity contribution in [2.24, 2.45) is 0 Å². The predicted molar refractivity (Wildman–Crippen MR) is 109 cm³/mol. The Hall–Kier alpha value is -1.51. The molecule has 0 saturated heterocycles. The summed E-state index contributed by atoms with van der Waals surface area (Å²) in [7, 11) is 2.40. The summed E-state index contributed by atoms with van der Waals surface area (Å²) in [6.07, 6.45) is 0.873. The quantitative estimate of drug-likeness (QED) is 0.375. The maximum absolute atomic E-state index is 5.41. The maximum atomic E-state index is 5.41. The minimum atomic E-state index is -2.49. The fourth-order valence-corrected chi connectivity index (χ4v) is 4.53. The highest BCUT2D eigenvalue weighted by atomic mass is 32.1. The smallest absolute Gasteiger partial charge is 0.379 e. The van der Waals surface area contributed by atoms with Crippen molar-refractivity contribution in [3.05, 3.63) is 42.5 Å². The maximum Gasteiger partial charge on any atom is 0.500 e. The van der Waals surface area contributed by atoms with Gasteiger partial charge in [-0.1, -0.05) is 42.5 Å². The molecule has 2 aromatic carbocycles. The van der Waals surface area contributed by atoms with Crippen LogP contribution in [0.5, 0.6) is 0 Å². The summed E-state index contributed by atoms with van der Waals surface area (Å²) in [5.74, 6) is 0. The van der Waals surface area contributed by atoms with Crippen molar-refractivity contribution in [1.29, 1.82) is 0 Å². The van der Waals surface area contributed by atoms with E-state index in [-0.39, 0.29) is 0 Å². The molecule has 0 atom stereocenters. The van der Waals surface area contributed by atoms with Crippen molar-refractivity contribution in [3.63, 3.8) is 0 Å². The van der Waals surface area contributed by atoms with Crippen LogP contribution >= 0.6 is 12.2 Å². The van der Waals surface area contributed by atoms with E-state index in [1.54, 1.807) is 21.3 Å². The molecule has 136 valence electrons. The van der Waals surface area contributed by atoms with Gasteiger partial charge < -0.3 is 23.9 Å². The average Bonchev–Trinajstić information content (AvgIpc) is 2.67. The van der Waals surface area contributed by atoms with Gasteiger partial charge in [-0.3, -0.25) is 0 Å². The Morgan fingerprint density at radius 3 is 2.36 bits per heavy atom. The topological polar surface area (TPSA) is 51.8 Å². The summed E-state index contributed by atoms with van der Waals surface area (Å²) in [4.78, 5) is 0.785. The van der Waals surface area contributed by atoms with Gasteiger partial charge in [-0.15, -0.1) is 0 Å². The molecule has 0 aliphatic heterocycles. The van der Waals surface area contributed by atoms with Crippen molar-refractivity contribution in [2.45, 2.75) is 12.5 Å². The number of hydrogen-bond donors (Lipinski definition) is 2. The summed E-state index contributed by atoms with van der Waals surface area (Å²) >= 11 is 5.38. The second-order valence-corrected chi connectivity index (χ2v) is 9.25. The zero-order valence-corrected chi connectivity index (χ0v) is 16.8. The van der Waals surface area contributed by atoms with Crippen LogP contribution in [0.1, 0.15) is 6.42 Å². The van der Waals surface area contributed by atoms with E-state index in [2.05, 4.69) is 41.0 Å². The largest absolute Gasteiger partial charge is 0.500 e. The molecule has 0 radical (unpaired) electrons. The highest BCUT2D eigenvalue weighted by Gasteiger charge is 2.36. The summed E-state index contributed by atoms with van der Waals surface area (Å²) in [6.45, 7) is 1.37. The van der Waals surface area contributed by atoms with Gasteiger partial charge >= 0.3 is 8.80 Å². The molecule has 7 heteroatoms. The SMILES string of the molecule is CO[Si](CCCNC(=S)CNc1ccc2ccccc2c1)(OC)OC. The number of benzene rings is 2. The number of rotatable bonds is 10. The second kappa shape index (κ2) is 9.84. The van der Waals surface area contributed by atoms with E-state index < -0.39 is 8.80 Å². The lowest BCUT2D eigenvalue weighted by molar-refractivity contribution is 0.123. The van der Waals surface area contributed by atoms with Crippen LogP contribution in [0.25, 0.3) is 10.8 Å². The fraction of sp³-hybridized carbons (Fsp3) is 0.389. The molecule has 0 heterocycles. The molecule has 2 N–H and O–H groups in total. The third-order valence-corrected chi connectivity index (χ3v) is 7.24. The average molecular weight is 379 g/mol. The molecule has 0 amide bonds. The Morgan fingerprint density at radius 2 is 1.68 bits per heavy atom. The van der Waals surface area contributed by atoms with Crippen LogP contribution in [0, 0.1) is 0 Å². The fourth-order valence-electron chi connectivity index (χ4n) is 2.63. The van der Waals surface area contributed by atoms with Crippen LogP contribution in [-0.2, 0) is 13.3 Å². The first-order valence-electron chi connectivity index (χ1n) is 8.27. The van der Waals surface area contributed by atoms with Gasteiger partial charge in [-0.25, -0.2) is 0 Å². The lowest BCUT2D eigenvalue weighted by atomic mass is 10.1. The van der Waals surface area contributed by atoms with E-state index in [4.69, 9.17) is 25.5 Å². The lowest BCUT2D eigenvalue weighted by Gasteiger charge is -2.24.